The molecular formula is C18H30N4O. The quantitative estimate of drug-likeness (QED) is 0.860. The van der Waals surface area contributed by atoms with Crippen molar-refractivity contribution in [2.75, 3.05) is 39.3 Å². The van der Waals surface area contributed by atoms with Crippen molar-refractivity contribution >= 4 is 0 Å². The molecule has 23 heavy (non-hydrogen) atoms. The number of likely N-dealkylation sites (tertiary alicyclic amines) is 2. The fourth-order valence-corrected chi connectivity index (χ4v) is 4.18. The Hall–Kier alpha value is -1.04. The van der Waals surface area contributed by atoms with Gasteiger partial charge in [0.25, 0.3) is 0 Å². The second-order valence-corrected chi connectivity index (χ2v) is 8.07. The maximum Gasteiger partial charge on any atom is 0.0711 e. The maximum absolute atomic E-state index is 10.4. The Labute approximate surface area is 139 Å². The summed E-state index contributed by atoms with van der Waals surface area (Å²) in [6, 6.07) is 0. The van der Waals surface area contributed by atoms with Gasteiger partial charge in [0, 0.05) is 50.7 Å². The molecule has 5 nitrogen and oxygen atoms in total. The standard InChI is InChI=1S/C18H30N4O/c1-18(2,13-21-7-3-4-8-21)14-22-11-15(17(23)12-22)9-16-10-19-5-6-20-16/h5-6,10,15,17,23H,3-4,7-9,11-14H2,1-2H3/t15-,17-/m1/s1. The van der Waals surface area contributed by atoms with Crippen LogP contribution in [0.5, 0.6) is 0 Å². The number of aliphatic hydroxyl groups excluding tert-OH is 1. The van der Waals surface area contributed by atoms with Gasteiger partial charge in [0.2, 0.25) is 0 Å². The third kappa shape index (κ3) is 4.72. The molecule has 2 fully saturated rings. The van der Waals surface area contributed by atoms with Crippen LogP contribution < -0.4 is 0 Å². The zero-order chi connectivity index (χ0) is 16.3. The minimum absolute atomic E-state index is 0.250. The number of aliphatic hydroxyl groups is 1. The zero-order valence-corrected chi connectivity index (χ0v) is 14.5. The molecule has 3 rings (SSSR count). The van der Waals surface area contributed by atoms with Gasteiger partial charge in [-0.05, 0) is 37.8 Å². The van der Waals surface area contributed by atoms with Crippen LogP contribution in [0.15, 0.2) is 18.6 Å². The zero-order valence-electron chi connectivity index (χ0n) is 14.5. The van der Waals surface area contributed by atoms with Crippen LogP contribution in [0, 0.1) is 11.3 Å². The molecular weight excluding hydrogens is 288 g/mol. The maximum atomic E-state index is 10.4. The van der Waals surface area contributed by atoms with E-state index >= 15 is 0 Å². The van der Waals surface area contributed by atoms with E-state index in [0.29, 0.717) is 0 Å². The van der Waals surface area contributed by atoms with Gasteiger partial charge in [0.05, 0.1) is 11.8 Å². The molecule has 1 aromatic rings. The second kappa shape index (κ2) is 7.24. The first kappa shape index (κ1) is 16.8. The van der Waals surface area contributed by atoms with E-state index in [1.807, 2.05) is 6.20 Å². The van der Waals surface area contributed by atoms with Crippen molar-refractivity contribution in [1.29, 1.82) is 0 Å². The number of hydrogen-bond acceptors (Lipinski definition) is 5. The minimum atomic E-state index is -0.250. The van der Waals surface area contributed by atoms with Crippen molar-refractivity contribution in [1.82, 2.24) is 19.8 Å². The highest BCUT2D eigenvalue weighted by atomic mass is 16.3. The number of rotatable bonds is 6. The van der Waals surface area contributed by atoms with Crippen LogP contribution in [0.25, 0.3) is 0 Å². The first-order chi connectivity index (χ1) is 11.0. The molecule has 0 saturated carbocycles. The SMILES string of the molecule is CC(C)(CN1CCCC1)CN1C[C@@H](Cc2cnccn2)[C@H](O)C1. The van der Waals surface area contributed by atoms with Crippen LogP contribution in [0.1, 0.15) is 32.4 Å². The highest BCUT2D eigenvalue weighted by Crippen LogP contribution is 2.27. The van der Waals surface area contributed by atoms with Crippen molar-refractivity contribution in [2.24, 2.45) is 11.3 Å². The number of hydrogen-bond donors (Lipinski definition) is 1. The van der Waals surface area contributed by atoms with Crippen LogP contribution >= 0.6 is 0 Å². The van der Waals surface area contributed by atoms with E-state index in [0.717, 1.165) is 38.3 Å². The Kier molecular flexibility index (Phi) is 5.29. The van der Waals surface area contributed by atoms with Gasteiger partial charge in [-0.3, -0.25) is 14.9 Å². The molecule has 0 radical (unpaired) electrons. The monoisotopic (exact) mass is 318 g/mol. The van der Waals surface area contributed by atoms with Crippen LogP contribution in [-0.2, 0) is 6.42 Å². The summed E-state index contributed by atoms with van der Waals surface area (Å²) < 4.78 is 0. The van der Waals surface area contributed by atoms with E-state index < -0.39 is 0 Å². The molecule has 0 aromatic carbocycles. The van der Waals surface area contributed by atoms with E-state index in [9.17, 15) is 5.11 Å². The van der Waals surface area contributed by atoms with E-state index in [1.165, 1.54) is 25.9 Å². The van der Waals surface area contributed by atoms with Crippen LogP contribution in [0.4, 0.5) is 0 Å². The molecule has 128 valence electrons. The first-order valence-corrected chi connectivity index (χ1v) is 8.89. The van der Waals surface area contributed by atoms with Gasteiger partial charge in [-0.15, -0.1) is 0 Å². The van der Waals surface area contributed by atoms with Crippen molar-refractivity contribution in [2.45, 2.75) is 39.2 Å². The smallest absolute Gasteiger partial charge is 0.0711 e. The Morgan fingerprint density at radius 1 is 1.13 bits per heavy atom. The summed E-state index contributed by atoms with van der Waals surface area (Å²) >= 11 is 0. The lowest BCUT2D eigenvalue weighted by atomic mass is 9.92. The Morgan fingerprint density at radius 3 is 2.57 bits per heavy atom. The lowest BCUT2D eigenvalue weighted by Crippen LogP contribution is -2.41. The number of aromatic nitrogens is 2. The molecule has 0 unspecified atom stereocenters. The highest BCUT2D eigenvalue weighted by Gasteiger charge is 2.35. The fourth-order valence-electron chi connectivity index (χ4n) is 4.18. The third-order valence-electron chi connectivity index (χ3n) is 5.07. The molecule has 0 spiro atoms. The largest absolute Gasteiger partial charge is 0.391 e. The average Bonchev–Trinajstić information content (AvgIpc) is 3.10. The first-order valence-electron chi connectivity index (χ1n) is 8.89. The van der Waals surface area contributed by atoms with Crippen molar-refractivity contribution < 1.29 is 5.11 Å². The molecule has 0 bridgehead atoms. The summed E-state index contributed by atoms with van der Waals surface area (Å²) in [5, 5.41) is 10.4. The molecule has 0 aliphatic carbocycles. The van der Waals surface area contributed by atoms with Crippen LogP contribution in [-0.4, -0.2) is 70.2 Å². The van der Waals surface area contributed by atoms with Gasteiger partial charge in [0.1, 0.15) is 0 Å². The Bertz CT molecular complexity index is 487. The summed E-state index contributed by atoms with van der Waals surface area (Å²) in [4.78, 5) is 13.5. The lowest BCUT2D eigenvalue weighted by molar-refractivity contribution is 0.123. The Balaban J connectivity index is 1.51. The van der Waals surface area contributed by atoms with E-state index in [2.05, 4.69) is 33.6 Å². The van der Waals surface area contributed by atoms with E-state index in [1.54, 1.807) is 12.4 Å². The molecule has 3 heterocycles. The van der Waals surface area contributed by atoms with Crippen molar-refractivity contribution in [3.63, 3.8) is 0 Å². The molecule has 2 aliphatic rings. The summed E-state index contributed by atoms with van der Waals surface area (Å²) in [6.45, 7) is 11.2. The third-order valence-corrected chi connectivity index (χ3v) is 5.07. The second-order valence-electron chi connectivity index (χ2n) is 8.07. The molecule has 1 aromatic heterocycles. The van der Waals surface area contributed by atoms with Crippen molar-refractivity contribution in [3.8, 4) is 0 Å². The van der Waals surface area contributed by atoms with Gasteiger partial charge in [-0.1, -0.05) is 13.8 Å². The van der Waals surface area contributed by atoms with Gasteiger partial charge in [-0.25, -0.2) is 0 Å². The normalized spacial score (nSPS) is 26.9. The summed E-state index contributed by atoms with van der Waals surface area (Å²) in [7, 11) is 0. The van der Waals surface area contributed by atoms with Gasteiger partial charge >= 0.3 is 0 Å². The molecule has 2 aliphatic heterocycles. The molecule has 0 amide bonds. The van der Waals surface area contributed by atoms with Crippen LogP contribution in [0.2, 0.25) is 0 Å². The minimum Gasteiger partial charge on any atom is -0.391 e. The topological polar surface area (TPSA) is 52.5 Å². The molecule has 2 saturated heterocycles. The number of nitrogens with zero attached hydrogens (tertiary/aromatic N) is 4. The average molecular weight is 318 g/mol. The van der Waals surface area contributed by atoms with Gasteiger partial charge in [-0.2, -0.15) is 0 Å². The van der Waals surface area contributed by atoms with Gasteiger partial charge < -0.3 is 10.0 Å². The summed E-state index contributed by atoms with van der Waals surface area (Å²) in [5.41, 5.74) is 1.25. The predicted molar refractivity (Wildman–Crippen MR) is 91.1 cm³/mol. The summed E-state index contributed by atoms with van der Waals surface area (Å²) in [5.74, 6) is 0.272. The molecule has 5 heteroatoms. The Morgan fingerprint density at radius 2 is 1.87 bits per heavy atom. The fraction of sp³-hybridized carbons (Fsp3) is 0.778. The lowest BCUT2D eigenvalue weighted by Gasteiger charge is -2.33. The summed E-state index contributed by atoms with van der Waals surface area (Å²) in [6.07, 6.45) is 8.50. The van der Waals surface area contributed by atoms with E-state index in [4.69, 9.17) is 0 Å². The molecule has 2 atom stereocenters. The van der Waals surface area contributed by atoms with Crippen LogP contribution in [0.3, 0.4) is 0 Å². The molecule has 1 N–H and O–H groups in total. The predicted octanol–water partition coefficient (Wildman–Crippen LogP) is 1.43. The van der Waals surface area contributed by atoms with Gasteiger partial charge in [0.15, 0.2) is 0 Å². The number of β-amino-alcohol motifs (C(OH)–C–C–N with tert-alkyl or cyclic N) is 1. The van der Waals surface area contributed by atoms with E-state index in [-0.39, 0.29) is 17.4 Å². The van der Waals surface area contributed by atoms with Crippen molar-refractivity contribution in [3.05, 3.63) is 24.3 Å². The highest BCUT2D eigenvalue weighted by molar-refractivity contribution is 5.00.